The minimum absolute atomic E-state index is 0.102. The Hall–Kier alpha value is -3.18. The Morgan fingerprint density at radius 1 is 1.00 bits per heavy atom. The van der Waals surface area contributed by atoms with Gasteiger partial charge in [-0.05, 0) is 74.3 Å². The van der Waals surface area contributed by atoms with Crippen LogP contribution in [-0.2, 0) is 4.74 Å². The van der Waals surface area contributed by atoms with Gasteiger partial charge in [-0.2, -0.15) is 0 Å². The van der Waals surface area contributed by atoms with Gasteiger partial charge < -0.3 is 15.4 Å². The molecule has 0 heterocycles. The summed E-state index contributed by atoms with van der Waals surface area (Å²) < 4.78 is 5.16. The zero-order valence-corrected chi connectivity index (χ0v) is 19.2. The van der Waals surface area contributed by atoms with Gasteiger partial charge in [-0.3, -0.25) is 0 Å². The van der Waals surface area contributed by atoms with Crippen molar-refractivity contribution in [1.82, 2.24) is 5.32 Å². The molecule has 0 aliphatic rings. The minimum atomic E-state index is -0.333. The molecular formula is C26H28N2O2S. The summed E-state index contributed by atoms with van der Waals surface area (Å²) in [6.45, 7) is 8.22. The standard InChI is InChI=1S/C26H28N2O2S/c1-5-30-25(29)22-12-9-13-23(19(22)4)27-26(31)28-24(20-10-7-6-8-11-20)21-15-14-17(2)16-18(21)3/h6-16,24H,5H2,1-4H3,(H2,27,28,31)/t24-/m0/s1. The molecule has 2 N–H and O–H groups in total. The van der Waals surface area contributed by atoms with Gasteiger partial charge in [0.1, 0.15) is 0 Å². The molecule has 0 bridgehead atoms. The Bertz CT molecular complexity index is 1080. The van der Waals surface area contributed by atoms with Gasteiger partial charge in [-0.1, -0.05) is 60.2 Å². The van der Waals surface area contributed by atoms with Crippen LogP contribution in [0.25, 0.3) is 0 Å². The maximum Gasteiger partial charge on any atom is 0.338 e. The Balaban J connectivity index is 1.87. The van der Waals surface area contributed by atoms with Gasteiger partial charge in [0.15, 0.2) is 5.11 Å². The summed E-state index contributed by atoms with van der Waals surface area (Å²) in [5.41, 5.74) is 6.81. The molecule has 0 spiro atoms. The van der Waals surface area contributed by atoms with Crippen LogP contribution in [0.1, 0.15) is 51.1 Å². The second kappa shape index (κ2) is 10.2. The third-order valence-electron chi connectivity index (χ3n) is 5.22. The fourth-order valence-corrected chi connectivity index (χ4v) is 3.85. The van der Waals surface area contributed by atoms with Gasteiger partial charge >= 0.3 is 5.97 Å². The number of thiocarbonyl (C=S) groups is 1. The highest BCUT2D eigenvalue weighted by molar-refractivity contribution is 7.80. The smallest absolute Gasteiger partial charge is 0.338 e. The number of nitrogens with one attached hydrogen (secondary N) is 2. The predicted molar refractivity (Wildman–Crippen MR) is 131 cm³/mol. The molecule has 5 heteroatoms. The molecule has 160 valence electrons. The first-order valence-corrected chi connectivity index (χ1v) is 10.8. The lowest BCUT2D eigenvalue weighted by Crippen LogP contribution is -2.33. The zero-order valence-electron chi connectivity index (χ0n) is 18.4. The molecule has 0 fully saturated rings. The highest BCUT2D eigenvalue weighted by atomic mass is 32.1. The summed E-state index contributed by atoms with van der Waals surface area (Å²) in [5, 5.41) is 7.21. The first-order valence-electron chi connectivity index (χ1n) is 10.4. The highest BCUT2D eigenvalue weighted by Gasteiger charge is 2.18. The summed E-state index contributed by atoms with van der Waals surface area (Å²) >= 11 is 5.66. The number of rotatable bonds is 6. The fourth-order valence-electron chi connectivity index (χ4n) is 3.63. The average molecular weight is 433 g/mol. The molecule has 0 amide bonds. The number of ether oxygens (including phenoxy) is 1. The largest absolute Gasteiger partial charge is 0.462 e. The van der Waals surface area contributed by atoms with Crippen LogP contribution in [0.15, 0.2) is 66.7 Å². The predicted octanol–water partition coefficient (Wildman–Crippen LogP) is 5.86. The van der Waals surface area contributed by atoms with Gasteiger partial charge in [0, 0.05) is 5.69 Å². The van der Waals surface area contributed by atoms with Crippen LogP contribution in [0, 0.1) is 20.8 Å². The molecule has 3 aromatic rings. The van der Waals surface area contributed by atoms with Crippen molar-refractivity contribution in [1.29, 1.82) is 0 Å². The molecule has 0 aromatic heterocycles. The van der Waals surface area contributed by atoms with E-state index in [0.717, 1.165) is 22.4 Å². The van der Waals surface area contributed by atoms with E-state index in [1.54, 1.807) is 13.0 Å². The monoisotopic (exact) mass is 432 g/mol. The van der Waals surface area contributed by atoms with E-state index in [0.29, 0.717) is 17.3 Å². The van der Waals surface area contributed by atoms with Crippen LogP contribution >= 0.6 is 12.2 Å². The lowest BCUT2D eigenvalue weighted by molar-refractivity contribution is 0.0525. The Labute approximate surface area is 189 Å². The van der Waals surface area contributed by atoms with E-state index in [4.69, 9.17) is 17.0 Å². The molecule has 3 rings (SSSR count). The van der Waals surface area contributed by atoms with Crippen molar-refractivity contribution in [3.8, 4) is 0 Å². The molecule has 4 nitrogen and oxygen atoms in total. The number of esters is 1. The molecule has 0 aliphatic carbocycles. The number of anilines is 1. The molecule has 3 aromatic carbocycles. The Kier molecular flexibility index (Phi) is 7.42. The summed E-state index contributed by atoms with van der Waals surface area (Å²) in [4.78, 5) is 12.2. The SMILES string of the molecule is CCOC(=O)c1cccc(NC(=S)N[C@@H](c2ccccc2)c2ccc(C)cc2C)c1C. The van der Waals surface area contributed by atoms with E-state index in [-0.39, 0.29) is 12.0 Å². The first kappa shape index (κ1) is 22.5. The van der Waals surface area contributed by atoms with Crippen molar-refractivity contribution in [2.24, 2.45) is 0 Å². The molecule has 0 saturated carbocycles. The van der Waals surface area contributed by atoms with Crippen LogP contribution in [-0.4, -0.2) is 17.7 Å². The molecule has 31 heavy (non-hydrogen) atoms. The highest BCUT2D eigenvalue weighted by Crippen LogP contribution is 2.26. The zero-order chi connectivity index (χ0) is 22.4. The lowest BCUT2D eigenvalue weighted by atomic mass is 9.94. The van der Waals surface area contributed by atoms with E-state index in [1.165, 1.54) is 11.1 Å². The number of benzene rings is 3. The fraction of sp³-hybridized carbons (Fsp3) is 0.231. The van der Waals surface area contributed by atoms with Gasteiger partial charge in [0.25, 0.3) is 0 Å². The molecular weight excluding hydrogens is 404 g/mol. The van der Waals surface area contributed by atoms with Crippen molar-refractivity contribution >= 4 is 29.0 Å². The second-order valence-electron chi connectivity index (χ2n) is 7.50. The molecule has 1 atom stereocenters. The average Bonchev–Trinajstić information content (AvgIpc) is 2.75. The normalized spacial score (nSPS) is 11.5. The van der Waals surface area contributed by atoms with E-state index in [2.05, 4.69) is 54.8 Å². The lowest BCUT2D eigenvalue weighted by Gasteiger charge is -2.24. The summed E-state index contributed by atoms with van der Waals surface area (Å²) in [5.74, 6) is -0.333. The topological polar surface area (TPSA) is 50.4 Å². The second-order valence-corrected chi connectivity index (χ2v) is 7.91. The van der Waals surface area contributed by atoms with Crippen LogP contribution in [0.2, 0.25) is 0 Å². The van der Waals surface area contributed by atoms with Crippen molar-refractivity contribution in [3.63, 3.8) is 0 Å². The maximum absolute atomic E-state index is 12.2. The van der Waals surface area contributed by atoms with Crippen molar-refractivity contribution in [2.75, 3.05) is 11.9 Å². The van der Waals surface area contributed by atoms with E-state index < -0.39 is 0 Å². The number of hydrogen-bond donors (Lipinski definition) is 2. The molecule has 0 saturated heterocycles. The van der Waals surface area contributed by atoms with Gasteiger partial charge in [0.05, 0.1) is 18.2 Å². The molecule has 0 unspecified atom stereocenters. The van der Waals surface area contributed by atoms with E-state index in [9.17, 15) is 4.79 Å². The van der Waals surface area contributed by atoms with Crippen LogP contribution in [0.5, 0.6) is 0 Å². The Morgan fingerprint density at radius 3 is 2.42 bits per heavy atom. The van der Waals surface area contributed by atoms with E-state index in [1.807, 2.05) is 37.3 Å². The number of hydrogen-bond acceptors (Lipinski definition) is 3. The van der Waals surface area contributed by atoms with Gasteiger partial charge in [0.2, 0.25) is 0 Å². The van der Waals surface area contributed by atoms with E-state index >= 15 is 0 Å². The van der Waals surface area contributed by atoms with Gasteiger partial charge in [-0.25, -0.2) is 4.79 Å². The minimum Gasteiger partial charge on any atom is -0.462 e. The van der Waals surface area contributed by atoms with Crippen molar-refractivity contribution in [2.45, 2.75) is 33.7 Å². The third kappa shape index (κ3) is 5.50. The van der Waals surface area contributed by atoms with Crippen LogP contribution in [0.4, 0.5) is 5.69 Å². The number of carbonyl (C=O) groups is 1. The quantitative estimate of drug-likeness (QED) is 0.377. The summed E-state index contributed by atoms with van der Waals surface area (Å²) in [6, 6.07) is 22.1. The van der Waals surface area contributed by atoms with Gasteiger partial charge in [-0.15, -0.1) is 0 Å². The number of aryl methyl sites for hydroxylation is 2. The Morgan fingerprint density at radius 2 is 1.74 bits per heavy atom. The van der Waals surface area contributed by atoms with Crippen molar-refractivity contribution in [3.05, 3.63) is 100 Å². The summed E-state index contributed by atoms with van der Waals surface area (Å²) in [7, 11) is 0. The van der Waals surface area contributed by atoms with Crippen molar-refractivity contribution < 1.29 is 9.53 Å². The molecule has 0 aliphatic heterocycles. The third-order valence-corrected chi connectivity index (χ3v) is 5.44. The molecule has 0 radical (unpaired) electrons. The maximum atomic E-state index is 12.2. The summed E-state index contributed by atoms with van der Waals surface area (Å²) in [6.07, 6.45) is 0. The van der Waals surface area contributed by atoms with Crippen LogP contribution < -0.4 is 10.6 Å². The first-order chi connectivity index (χ1) is 14.9. The van der Waals surface area contributed by atoms with Crippen LogP contribution in [0.3, 0.4) is 0 Å². The number of carbonyl (C=O) groups excluding carboxylic acids is 1.